The maximum absolute atomic E-state index is 13.1. The molecule has 17 nitrogen and oxygen atoms in total. The molecule has 19 heteroatoms. The van der Waals surface area contributed by atoms with Crippen molar-refractivity contribution in [2.24, 2.45) is 11.8 Å². The lowest BCUT2D eigenvalue weighted by molar-refractivity contribution is -0.161. The number of unbranched alkanes of at least 4 members (excludes halogenated alkanes) is 46. The SMILES string of the molecule is CCCCCCCCCCCCCCCCCCCCCCCCC(=O)O[C@H](COC(=O)CCCCCCCCCCCC(C)C)COP(=O)(O)OC[C@@H](O)COP(=O)(O)OC[C@@H](COC(=O)CCCCCCCCCCCC)OC(=O)CCCCCCCCCCCC(C)C. The molecule has 570 valence electrons. The van der Waals surface area contributed by atoms with Gasteiger partial charge in [0.2, 0.25) is 0 Å². The monoisotopic (exact) mass is 1410 g/mol. The van der Waals surface area contributed by atoms with Gasteiger partial charge >= 0.3 is 39.5 Å². The molecule has 0 bridgehead atoms. The van der Waals surface area contributed by atoms with Crippen LogP contribution in [0.5, 0.6) is 0 Å². The molecule has 0 rings (SSSR count). The first-order valence-corrected chi connectivity index (χ1v) is 43.0. The van der Waals surface area contributed by atoms with E-state index in [4.69, 9.17) is 37.0 Å². The zero-order chi connectivity index (χ0) is 70.7. The molecule has 0 heterocycles. The van der Waals surface area contributed by atoms with Crippen molar-refractivity contribution in [1.29, 1.82) is 0 Å². The van der Waals surface area contributed by atoms with E-state index in [1.165, 1.54) is 218 Å². The summed E-state index contributed by atoms with van der Waals surface area (Å²) in [6, 6.07) is 0. The molecule has 0 aliphatic rings. The molecule has 2 unspecified atom stereocenters. The summed E-state index contributed by atoms with van der Waals surface area (Å²) in [5, 5.41) is 10.6. The quantitative estimate of drug-likeness (QED) is 0.0222. The normalized spacial score (nSPS) is 14.0. The van der Waals surface area contributed by atoms with E-state index in [9.17, 15) is 43.2 Å². The molecule has 0 amide bonds. The van der Waals surface area contributed by atoms with Crippen molar-refractivity contribution in [1.82, 2.24) is 0 Å². The molecule has 96 heavy (non-hydrogen) atoms. The van der Waals surface area contributed by atoms with Crippen LogP contribution >= 0.6 is 15.6 Å². The number of phosphoric ester groups is 2. The number of hydrogen-bond acceptors (Lipinski definition) is 15. The Kier molecular flexibility index (Phi) is 67.4. The molecule has 0 aromatic heterocycles. The third-order valence-electron chi connectivity index (χ3n) is 18.0. The van der Waals surface area contributed by atoms with Crippen molar-refractivity contribution in [2.75, 3.05) is 39.6 Å². The number of carbonyl (C=O) groups excluding carboxylic acids is 4. The molecular formula is C77H150O17P2. The van der Waals surface area contributed by atoms with Crippen LogP contribution in [0.3, 0.4) is 0 Å². The molecule has 3 N–H and O–H groups in total. The fourth-order valence-corrected chi connectivity index (χ4v) is 13.4. The maximum Gasteiger partial charge on any atom is 0.472 e. The third-order valence-corrected chi connectivity index (χ3v) is 19.9. The molecule has 0 aliphatic heterocycles. The van der Waals surface area contributed by atoms with Gasteiger partial charge in [0.1, 0.15) is 19.3 Å². The van der Waals surface area contributed by atoms with Crippen LogP contribution in [0.4, 0.5) is 0 Å². The second kappa shape index (κ2) is 68.8. The maximum atomic E-state index is 13.1. The van der Waals surface area contributed by atoms with E-state index < -0.39 is 97.5 Å². The Bertz CT molecular complexity index is 1860. The molecule has 0 radical (unpaired) electrons. The van der Waals surface area contributed by atoms with Gasteiger partial charge in [-0.3, -0.25) is 37.3 Å². The summed E-state index contributed by atoms with van der Waals surface area (Å²) in [5.74, 6) is -0.637. The number of aliphatic hydroxyl groups is 1. The molecule has 0 saturated heterocycles. The van der Waals surface area contributed by atoms with Gasteiger partial charge in [-0.15, -0.1) is 0 Å². The fraction of sp³-hybridized carbons (Fsp3) is 0.948. The van der Waals surface area contributed by atoms with E-state index in [0.29, 0.717) is 25.7 Å². The average Bonchev–Trinajstić information content (AvgIpc) is 1.12. The summed E-state index contributed by atoms with van der Waals surface area (Å²) >= 11 is 0. The summed E-state index contributed by atoms with van der Waals surface area (Å²) < 4.78 is 68.5. The first kappa shape index (κ1) is 94.1. The minimum Gasteiger partial charge on any atom is -0.462 e. The second-order valence-electron chi connectivity index (χ2n) is 28.7. The van der Waals surface area contributed by atoms with E-state index in [-0.39, 0.29) is 25.7 Å². The number of hydrogen-bond donors (Lipinski definition) is 3. The minimum absolute atomic E-state index is 0.105. The Morgan fingerprint density at radius 3 is 0.708 bits per heavy atom. The third kappa shape index (κ3) is 70.5. The largest absolute Gasteiger partial charge is 0.472 e. The highest BCUT2D eigenvalue weighted by Crippen LogP contribution is 2.45. The predicted molar refractivity (Wildman–Crippen MR) is 391 cm³/mol. The molecule has 5 atom stereocenters. The van der Waals surface area contributed by atoms with E-state index in [1.807, 2.05) is 0 Å². The number of carbonyl (C=O) groups is 4. The van der Waals surface area contributed by atoms with Gasteiger partial charge in [0.25, 0.3) is 0 Å². The average molecular weight is 1410 g/mol. The number of esters is 4. The zero-order valence-electron chi connectivity index (χ0n) is 62.7. The smallest absolute Gasteiger partial charge is 0.462 e. The summed E-state index contributed by atoms with van der Waals surface area (Å²) in [4.78, 5) is 72.8. The van der Waals surface area contributed by atoms with Gasteiger partial charge in [0, 0.05) is 25.7 Å². The van der Waals surface area contributed by atoms with Crippen LogP contribution in [0.2, 0.25) is 0 Å². The Morgan fingerprint density at radius 1 is 0.281 bits per heavy atom. The van der Waals surface area contributed by atoms with Crippen molar-refractivity contribution in [3.63, 3.8) is 0 Å². The number of rotatable bonds is 76. The number of phosphoric acid groups is 2. The predicted octanol–water partition coefficient (Wildman–Crippen LogP) is 22.7. The Balaban J connectivity index is 5.17. The van der Waals surface area contributed by atoms with E-state index in [2.05, 4.69) is 41.5 Å². The minimum atomic E-state index is -4.96. The highest BCUT2D eigenvalue weighted by molar-refractivity contribution is 7.47. The highest BCUT2D eigenvalue weighted by atomic mass is 31.2. The highest BCUT2D eigenvalue weighted by Gasteiger charge is 2.30. The van der Waals surface area contributed by atoms with Crippen LogP contribution in [-0.2, 0) is 65.4 Å². The summed E-state index contributed by atoms with van der Waals surface area (Å²) in [6.45, 7) is 9.54. The van der Waals surface area contributed by atoms with Crippen molar-refractivity contribution < 1.29 is 80.2 Å². The first-order chi connectivity index (χ1) is 46.4. The first-order valence-electron chi connectivity index (χ1n) is 40.0. The topological polar surface area (TPSA) is 237 Å². The molecule has 0 aromatic carbocycles. The number of ether oxygens (including phenoxy) is 4. The van der Waals surface area contributed by atoms with Crippen molar-refractivity contribution >= 4 is 39.5 Å². The van der Waals surface area contributed by atoms with Gasteiger partial charge in [-0.25, -0.2) is 9.13 Å². The van der Waals surface area contributed by atoms with E-state index >= 15 is 0 Å². The fourth-order valence-electron chi connectivity index (χ4n) is 11.8. The lowest BCUT2D eigenvalue weighted by Crippen LogP contribution is -2.30. The van der Waals surface area contributed by atoms with Gasteiger partial charge in [0.15, 0.2) is 12.2 Å². The van der Waals surface area contributed by atoms with Crippen molar-refractivity contribution in [3.8, 4) is 0 Å². The van der Waals surface area contributed by atoms with Gasteiger partial charge in [-0.05, 0) is 37.5 Å². The Hall–Kier alpha value is -1.94. The van der Waals surface area contributed by atoms with Crippen LogP contribution in [0.25, 0.3) is 0 Å². The van der Waals surface area contributed by atoms with E-state index in [0.717, 1.165) is 102 Å². The van der Waals surface area contributed by atoms with Crippen LogP contribution < -0.4 is 0 Å². The zero-order valence-corrected chi connectivity index (χ0v) is 64.5. The standard InChI is InChI=1S/C77H150O17P2/c1-7-9-11-13-15-17-19-20-21-22-23-24-25-26-27-28-29-30-36-43-49-55-61-76(81)93-72(66-88-75(80)60-54-48-42-37-31-33-39-45-51-57-69(3)4)67-91-95(83,84)89-63-71(78)64-90-96(85,86)92-68-73(65-87-74(79)59-53-47-41-35-18-16-14-12-10-8-2)94-77(82)62-56-50-44-38-32-34-40-46-52-58-70(5)6/h69-73,78H,7-68H2,1-6H3,(H,83,84)(H,85,86)/t71-,72-,73-/m1/s1. The Labute approximate surface area is 588 Å². The molecule has 0 spiro atoms. The molecule has 0 aromatic rings. The molecular weight excluding hydrogens is 1260 g/mol. The second-order valence-corrected chi connectivity index (χ2v) is 31.6. The molecule has 0 saturated carbocycles. The lowest BCUT2D eigenvalue weighted by atomic mass is 10.0. The van der Waals surface area contributed by atoms with Crippen LogP contribution in [0.1, 0.15) is 401 Å². The van der Waals surface area contributed by atoms with Crippen molar-refractivity contribution in [2.45, 2.75) is 419 Å². The molecule has 0 fully saturated rings. The molecule has 0 aliphatic carbocycles. The van der Waals surface area contributed by atoms with E-state index in [1.54, 1.807) is 0 Å². The van der Waals surface area contributed by atoms with Gasteiger partial charge in [0.05, 0.1) is 26.4 Å². The van der Waals surface area contributed by atoms with Gasteiger partial charge < -0.3 is 33.8 Å². The Morgan fingerprint density at radius 2 is 0.479 bits per heavy atom. The van der Waals surface area contributed by atoms with Crippen LogP contribution in [-0.4, -0.2) is 96.7 Å². The number of aliphatic hydroxyl groups excluding tert-OH is 1. The summed E-state index contributed by atoms with van der Waals surface area (Å²) in [5.41, 5.74) is 0. The van der Waals surface area contributed by atoms with Gasteiger partial charge in [-0.2, -0.15) is 0 Å². The van der Waals surface area contributed by atoms with Gasteiger partial charge in [-0.1, -0.05) is 350 Å². The van der Waals surface area contributed by atoms with Crippen molar-refractivity contribution in [3.05, 3.63) is 0 Å². The summed E-state index contributed by atoms with van der Waals surface area (Å²) in [7, 11) is -9.91. The lowest BCUT2D eigenvalue weighted by Gasteiger charge is -2.21. The van der Waals surface area contributed by atoms with Crippen LogP contribution in [0.15, 0.2) is 0 Å². The van der Waals surface area contributed by atoms with Crippen LogP contribution in [0, 0.1) is 11.8 Å². The summed E-state index contributed by atoms with van der Waals surface area (Å²) in [6.07, 6.45) is 57.1.